The zero-order valence-electron chi connectivity index (χ0n) is 12.7. The third-order valence-corrected chi connectivity index (χ3v) is 3.58. The summed E-state index contributed by atoms with van der Waals surface area (Å²) in [4.78, 5) is 0. The number of nitrogens with one attached hydrogen (secondary N) is 1. The first-order chi connectivity index (χ1) is 9.02. The molecule has 1 aromatic carbocycles. The molecular formula is C17H28FN. The van der Waals surface area contributed by atoms with Crippen molar-refractivity contribution in [1.82, 2.24) is 5.32 Å². The predicted octanol–water partition coefficient (Wildman–Crippen LogP) is 4.73. The minimum absolute atomic E-state index is 0.152. The van der Waals surface area contributed by atoms with E-state index in [1.165, 1.54) is 24.8 Å². The molecule has 0 spiro atoms. The minimum Gasteiger partial charge on any atom is -0.314 e. The van der Waals surface area contributed by atoms with Crippen LogP contribution in [0.2, 0.25) is 0 Å². The molecule has 0 aliphatic heterocycles. The van der Waals surface area contributed by atoms with Gasteiger partial charge in [-0.1, -0.05) is 52.7 Å². The van der Waals surface area contributed by atoms with Crippen LogP contribution in [-0.2, 0) is 0 Å². The van der Waals surface area contributed by atoms with Crippen molar-refractivity contribution < 1.29 is 4.39 Å². The van der Waals surface area contributed by atoms with Crippen molar-refractivity contribution in [2.45, 2.75) is 58.9 Å². The van der Waals surface area contributed by atoms with Crippen LogP contribution in [0.1, 0.15) is 58.4 Å². The average molecular weight is 265 g/mol. The fourth-order valence-electron chi connectivity index (χ4n) is 2.55. The van der Waals surface area contributed by atoms with Crippen LogP contribution in [0.25, 0.3) is 0 Å². The molecule has 0 aromatic heterocycles. The predicted molar refractivity (Wildman–Crippen MR) is 81.0 cm³/mol. The molecule has 0 fully saturated rings. The fraction of sp³-hybridized carbons (Fsp3) is 0.647. The Morgan fingerprint density at radius 3 is 2.26 bits per heavy atom. The molecule has 0 heterocycles. The molecule has 0 bridgehead atoms. The van der Waals surface area contributed by atoms with Gasteiger partial charge >= 0.3 is 0 Å². The van der Waals surface area contributed by atoms with Crippen molar-refractivity contribution in [3.05, 3.63) is 35.6 Å². The lowest BCUT2D eigenvalue weighted by Gasteiger charge is -2.23. The molecule has 108 valence electrons. The van der Waals surface area contributed by atoms with Gasteiger partial charge in [0.15, 0.2) is 0 Å². The zero-order chi connectivity index (χ0) is 14.3. The summed E-state index contributed by atoms with van der Waals surface area (Å²) in [6.45, 7) is 9.84. The van der Waals surface area contributed by atoms with E-state index in [9.17, 15) is 4.39 Å². The van der Waals surface area contributed by atoms with Crippen molar-refractivity contribution in [1.29, 1.82) is 0 Å². The summed E-state index contributed by atoms with van der Waals surface area (Å²) >= 11 is 0. The molecule has 0 saturated heterocycles. The number of hydrogen-bond donors (Lipinski definition) is 1. The van der Waals surface area contributed by atoms with Gasteiger partial charge in [-0.05, 0) is 36.0 Å². The van der Waals surface area contributed by atoms with E-state index in [4.69, 9.17) is 0 Å². The van der Waals surface area contributed by atoms with Gasteiger partial charge < -0.3 is 5.32 Å². The van der Waals surface area contributed by atoms with Crippen molar-refractivity contribution in [3.8, 4) is 0 Å². The van der Waals surface area contributed by atoms with Crippen LogP contribution in [0.15, 0.2) is 24.3 Å². The Morgan fingerprint density at radius 2 is 1.74 bits per heavy atom. The number of benzene rings is 1. The van der Waals surface area contributed by atoms with Crippen LogP contribution in [0.4, 0.5) is 4.39 Å². The normalized spacial score (nSPS) is 14.6. The first-order valence-corrected chi connectivity index (χ1v) is 7.51. The molecule has 1 aromatic rings. The Balaban J connectivity index is 2.70. The molecule has 19 heavy (non-hydrogen) atoms. The lowest BCUT2D eigenvalue weighted by atomic mass is 9.87. The van der Waals surface area contributed by atoms with Gasteiger partial charge in [0.25, 0.3) is 0 Å². The second-order valence-corrected chi connectivity index (χ2v) is 5.94. The Bertz CT molecular complexity index is 345. The van der Waals surface area contributed by atoms with E-state index in [-0.39, 0.29) is 5.82 Å². The van der Waals surface area contributed by atoms with Gasteiger partial charge in [-0.25, -0.2) is 4.39 Å². The standard InChI is InChI=1S/C17H28FN/c1-5-6-14(4)11-16(12-19-13(2)3)15-7-9-17(18)10-8-15/h7-10,13-14,16,19H,5-6,11-12H2,1-4H3. The van der Waals surface area contributed by atoms with E-state index in [0.29, 0.717) is 17.9 Å². The molecule has 0 aliphatic rings. The van der Waals surface area contributed by atoms with E-state index in [1.807, 2.05) is 12.1 Å². The van der Waals surface area contributed by atoms with Crippen LogP contribution in [0.5, 0.6) is 0 Å². The summed E-state index contributed by atoms with van der Waals surface area (Å²) in [6.07, 6.45) is 3.66. The van der Waals surface area contributed by atoms with Gasteiger partial charge in [0.2, 0.25) is 0 Å². The van der Waals surface area contributed by atoms with E-state index >= 15 is 0 Å². The van der Waals surface area contributed by atoms with Crippen LogP contribution < -0.4 is 5.32 Å². The average Bonchev–Trinajstić information content (AvgIpc) is 2.35. The second kappa shape index (κ2) is 8.31. The molecule has 2 atom stereocenters. The smallest absolute Gasteiger partial charge is 0.123 e. The molecule has 0 saturated carbocycles. The molecule has 1 rings (SSSR count). The molecule has 0 radical (unpaired) electrons. The Hall–Kier alpha value is -0.890. The first-order valence-electron chi connectivity index (χ1n) is 7.51. The maximum Gasteiger partial charge on any atom is 0.123 e. The third kappa shape index (κ3) is 6.20. The highest BCUT2D eigenvalue weighted by Gasteiger charge is 2.15. The van der Waals surface area contributed by atoms with Crippen molar-refractivity contribution in [2.24, 2.45) is 5.92 Å². The van der Waals surface area contributed by atoms with E-state index in [1.54, 1.807) is 12.1 Å². The van der Waals surface area contributed by atoms with E-state index in [0.717, 1.165) is 6.54 Å². The quantitative estimate of drug-likeness (QED) is 0.716. The van der Waals surface area contributed by atoms with Gasteiger partial charge in [-0.2, -0.15) is 0 Å². The molecule has 1 nitrogen and oxygen atoms in total. The van der Waals surface area contributed by atoms with Gasteiger partial charge in [0, 0.05) is 12.6 Å². The molecule has 2 heteroatoms. The second-order valence-electron chi connectivity index (χ2n) is 5.94. The number of rotatable bonds is 8. The largest absolute Gasteiger partial charge is 0.314 e. The summed E-state index contributed by atoms with van der Waals surface area (Å²) in [5, 5.41) is 3.51. The molecule has 0 aliphatic carbocycles. The maximum atomic E-state index is 13.0. The fourth-order valence-corrected chi connectivity index (χ4v) is 2.55. The number of hydrogen-bond acceptors (Lipinski definition) is 1. The van der Waals surface area contributed by atoms with Gasteiger partial charge in [0.05, 0.1) is 0 Å². The highest BCUT2D eigenvalue weighted by Crippen LogP contribution is 2.26. The molecular weight excluding hydrogens is 237 g/mol. The Morgan fingerprint density at radius 1 is 1.11 bits per heavy atom. The first kappa shape index (κ1) is 16.2. The monoisotopic (exact) mass is 265 g/mol. The van der Waals surface area contributed by atoms with Crippen molar-refractivity contribution in [3.63, 3.8) is 0 Å². The minimum atomic E-state index is -0.152. The summed E-state index contributed by atoms with van der Waals surface area (Å²) in [5.74, 6) is 1.04. The van der Waals surface area contributed by atoms with Crippen molar-refractivity contribution >= 4 is 0 Å². The van der Waals surface area contributed by atoms with Gasteiger partial charge in [0.1, 0.15) is 5.82 Å². The lowest BCUT2D eigenvalue weighted by molar-refractivity contribution is 0.410. The number of halogens is 1. The lowest BCUT2D eigenvalue weighted by Crippen LogP contribution is -2.28. The van der Waals surface area contributed by atoms with Crippen LogP contribution in [0.3, 0.4) is 0 Å². The zero-order valence-corrected chi connectivity index (χ0v) is 12.7. The van der Waals surface area contributed by atoms with E-state index < -0.39 is 0 Å². The van der Waals surface area contributed by atoms with Gasteiger partial charge in [-0.3, -0.25) is 0 Å². The SMILES string of the molecule is CCCC(C)CC(CNC(C)C)c1ccc(F)cc1. The summed E-state index contributed by atoms with van der Waals surface area (Å²) in [6, 6.07) is 7.50. The highest BCUT2D eigenvalue weighted by atomic mass is 19.1. The third-order valence-electron chi connectivity index (χ3n) is 3.58. The summed E-state index contributed by atoms with van der Waals surface area (Å²) in [5.41, 5.74) is 1.25. The van der Waals surface area contributed by atoms with E-state index in [2.05, 4.69) is 33.0 Å². The van der Waals surface area contributed by atoms with Gasteiger partial charge in [-0.15, -0.1) is 0 Å². The van der Waals surface area contributed by atoms with Crippen LogP contribution >= 0.6 is 0 Å². The van der Waals surface area contributed by atoms with Crippen LogP contribution in [0, 0.1) is 11.7 Å². The summed E-state index contributed by atoms with van der Waals surface area (Å²) < 4.78 is 13.0. The Kier molecular flexibility index (Phi) is 7.07. The highest BCUT2D eigenvalue weighted by molar-refractivity contribution is 5.21. The molecule has 0 amide bonds. The van der Waals surface area contributed by atoms with Crippen LogP contribution in [-0.4, -0.2) is 12.6 Å². The van der Waals surface area contributed by atoms with Crippen molar-refractivity contribution in [2.75, 3.05) is 6.54 Å². The Labute approximate surface area is 117 Å². The topological polar surface area (TPSA) is 12.0 Å². The summed E-state index contributed by atoms with van der Waals surface area (Å²) in [7, 11) is 0. The molecule has 2 unspecified atom stereocenters. The maximum absolute atomic E-state index is 13.0. The molecule has 1 N–H and O–H groups in total.